The summed E-state index contributed by atoms with van der Waals surface area (Å²) in [6.45, 7) is 1.99. The van der Waals surface area contributed by atoms with Gasteiger partial charge in [0, 0.05) is 5.02 Å². The predicted molar refractivity (Wildman–Crippen MR) is 96.8 cm³/mol. The second-order valence-electron chi connectivity index (χ2n) is 5.73. The van der Waals surface area contributed by atoms with Crippen molar-refractivity contribution in [1.82, 2.24) is 5.32 Å². The summed E-state index contributed by atoms with van der Waals surface area (Å²) in [5, 5.41) is 3.44. The highest BCUT2D eigenvalue weighted by atomic mass is 35.5. The number of halogens is 2. The highest BCUT2D eigenvalue weighted by molar-refractivity contribution is 6.31. The van der Waals surface area contributed by atoms with Crippen molar-refractivity contribution in [2.24, 2.45) is 0 Å². The minimum Gasteiger partial charge on any atom is -0.486 e. The molecule has 0 aliphatic heterocycles. The fourth-order valence-electron chi connectivity index (χ4n) is 2.43. The summed E-state index contributed by atoms with van der Waals surface area (Å²) in [5.74, 6) is 0.514. The molecule has 26 heavy (non-hydrogen) atoms. The molecule has 3 rings (SSSR count). The van der Waals surface area contributed by atoms with E-state index in [1.807, 2.05) is 25.1 Å². The predicted octanol–water partition coefficient (Wildman–Crippen LogP) is 5.14. The molecule has 0 fully saturated rings. The van der Waals surface area contributed by atoms with Crippen LogP contribution in [0.15, 0.2) is 65.1 Å². The Morgan fingerprint density at radius 2 is 1.88 bits per heavy atom. The van der Waals surface area contributed by atoms with E-state index in [0.717, 1.165) is 5.56 Å². The highest BCUT2D eigenvalue weighted by Crippen LogP contribution is 2.23. The summed E-state index contributed by atoms with van der Waals surface area (Å²) < 4.78 is 23.9. The quantitative estimate of drug-likeness (QED) is 0.650. The maximum Gasteiger partial charge on any atom is 0.287 e. The Labute approximate surface area is 155 Å². The number of carbonyl (C=O) groups is 1. The van der Waals surface area contributed by atoms with Crippen LogP contribution in [0.4, 0.5) is 4.39 Å². The first-order chi connectivity index (χ1) is 12.5. The second-order valence-corrected chi connectivity index (χ2v) is 6.13. The Kier molecular flexibility index (Phi) is 5.58. The van der Waals surface area contributed by atoms with Gasteiger partial charge < -0.3 is 14.5 Å². The summed E-state index contributed by atoms with van der Waals surface area (Å²) in [4.78, 5) is 12.3. The first kappa shape index (κ1) is 18.0. The normalized spacial score (nSPS) is 11.8. The molecule has 2 aromatic carbocycles. The van der Waals surface area contributed by atoms with Gasteiger partial charge in [0.1, 0.15) is 23.9 Å². The average molecular weight is 374 g/mol. The van der Waals surface area contributed by atoms with Crippen LogP contribution in [0.2, 0.25) is 5.02 Å². The zero-order valence-corrected chi connectivity index (χ0v) is 14.8. The Bertz CT molecular complexity index is 892. The standard InChI is InChI=1S/C20H17ClFNO3/c1-13(17-4-2-3-5-18(17)21)23-20(24)19-11-10-16(26-19)12-25-15-8-6-14(22)7-9-15/h2-11,13H,12H2,1H3,(H,23,24). The highest BCUT2D eigenvalue weighted by Gasteiger charge is 2.16. The van der Waals surface area contributed by atoms with Crippen molar-refractivity contribution in [3.63, 3.8) is 0 Å². The fraction of sp³-hybridized carbons (Fsp3) is 0.150. The van der Waals surface area contributed by atoms with Crippen LogP contribution in [0.3, 0.4) is 0 Å². The molecule has 134 valence electrons. The van der Waals surface area contributed by atoms with Crippen molar-refractivity contribution in [2.45, 2.75) is 19.6 Å². The largest absolute Gasteiger partial charge is 0.486 e. The summed E-state index contributed by atoms with van der Waals surface area (Å²) in [6, 6.07) is 16.0. The van der Waals surface area contributed by atoms with Crippen LogP contribution < -0.4 is 10.1 Å². The zero-order chi connectivity index (χ0) is 18.5. The molecule has 1 unspecified atom stereocenters. The van der Waals surface area contributed by atoms with E-state index in [4.69, 9.17) is 20.8 Å². The van der Waals surface area contributed by atoms with Gasteiger partial charge in [-0.1, -0.05) is 29.8 Å². The van der Waals surface area contributed by atoms with Crippen LogP contribution in [-0.4, -0.2) is 5.91 Å². The maximum absolute atomic E-state index is 12.9. The van der Waals surface area contributed by atoms with E-state index in [2.05, 4.69) is 5.32 Å². The number of benzene rings is 2. The van der Waals surface area contributed by atoms with Crippen molar-refractivity contribution in [3.8, 4) is 5.75 Å². The topological polar surface area (TPSA) is 51.5 Å². The van der Waals surface area contributed by atoms with Gasteiger partial charge >= 0.3 is 0 Å². The van der Waals surface area contributed by atoms with Gasteiger partial charge in [0.2, 0.25) is 0 Å². The molecule has 0 aliphatic rings. The third-order valence-corrected chi connectivity index (χ3v) is 4.14. The van der Waals surface area contributed by atoms with E-state index < -0.39 is 0 Å². The second kappa shape index (κ2) is 8.06. The van der Waals surface area contributed by atoms with Gasteiger partial charge in [0.15, 0.2) is 5.76 Å². The lowest BCUT2D eigenvalue weighted by Crippen LogP contribution is -2.26. The molecule has 0 saturated carbocycles. The van der Waals surface area contributed by atoms with Crippen LogP contribution in [0.25, 0.3) is 0 Å². The number of hydrogen-bond donors (Lipinski definition) is 1. The number of rotatable bonds is 6. The van der Waals surface area contributed by atoms with Crippen molar-refractivity contribution in [1.29, 1.82) is 0 Å². The van der Waals surface area contributed by atoms with Crippen molar-refractivity contribution >= 4 is 17.5 Å². The average Bonchev–Trinajstić information content (AvgIpc) is 3.11. The van der Waals surface area contributed by atoms with Crippen LogP contribution in [0.1, 0.15) is 34.8 Å². The molecule has 0 radical (unpaired) electrons. The van der Waals surface area contributed by atoms with E-state index in [-0.39, 0.29) is 30.1 Å². The smallest absolute Gasteiger partial charge is 0.287 e. The van der Waals surface area contributed by atoms with Gasteiger partial charge in [0.05, 0.1) is 6.04 Å². The molecular formula is C20H17ClFNO3. The molecule has 0 bridgehead atoms. The number of carbonyl (C=O) groups excluding carboxylic acids is 1. The third-order valence-electron chi connectivity index (χ3n) is 3.80. The SMILES string of the molecule is CC(NC(=O)c1ccc(COc2ccc(F)cc2)o1)c1ccccc1Cl. The Morgan fingerprint density at radius 1 is 1.15 bits per heavy atom. The van der Waals surface area contributed by atoms with Crippen LogP contribution in [-0.2, 0) is 6.61 Å². The van der Waals surface area contributed by atoms with Gasteiger partial charge in [-0.15, -0.1) is 0 Å². The monoisotopic (exact) mass is 373 g/mol. The molecular weight excluding hydrogens is 357 g/mol. The van der Waals surface area contributed by atoms with Crippen molar-refractivity contribution < 1.29 is 18.3 Å². The molecule has 6 heteroatoms. The third kappa shape index (κ3) is 4.43. The Balaban J connectivity index is 1.59. The zero-order valence-electron chi connectivity index (χ0n) is 14.0. The Hall–Kier alpha value is -2.79. The van der Waals surface area contributed by atoms with Gasteiger partial charge in [-0.25, -0.2) is 4.39 Å². The summed E-state index contributed by atoms with van der Waals surface area (Å²) in [7, 11) is 0. The van der Waals surface area contributed by atoms with Crippen LogP contribution in [0.5, 0.6) is 5.75 Å². The molecule has 0 spiro atoms. The first-order valence-electron chi connectivity index (χ1n) is 8.05. The first-order valence-corrected chi connectivity index (χ1v) is 8.43. The number of nitrogens with one attached hydrogen (secondary N) is 1. The number of hydrogen-bond acceptors (Lipinski definition) is 3. The molecule has 0 saturated heterocycles. The van der Waals surface area contributed by atoms with E-state index in [9.17, 15) is 9.18 Å². The minimum absolute atomic E-state index is 0.138. The van der Waals surface area contributed by atoms with Gasteiger partial charge in [0.25, 0.3) is 5.91 Å². The molecule has 1 aromatic heterocycles. The lowest BCUT2D eigenvalue weighted by Gasteiger charge is -2.14. The number of furan rings is 1. The lowest BCUT2D eigenvalue weighted by molar-refractivity contribution is 0.0907. The lowest BCUT2D eigenvalue weighted by atomic mass is 10.1. The number of amides is 1. The maximum atomic E-state index is 12.9. The minimum atomic E-state index is -0.342. The van der Waals surface area contributed by atoms with Gasteiger partial charge in [-0.2, -0.15) is 0 Å². The molecule has 1 amide bonds. The van der Waals surface area contributed by atoms with E-state index in [0.29, 0.717) is 16.5 Å². The summed E-state index contributed by atoms with van der Waals surface area (Å²) in [6.07, 6.45) is 0. The van der Waals surface area contributed by atoms with E-state index >= 15 is 0 Å². The van der Waals surface area contributed by atoms with Crippen LogP contribution >= 0.6 is 11.6 Å². The van der Waals surface area contributed by atoms with Crippen molar-refractivity contribution in [3.05, 3.63) is 88.6 Å². The number of ether oxygens (including phenoxy) is 1. The molecule has 1 atom stereocenters. The Morgan fingerprint density at radius 3 is 2.62 bits per heavy atom. The molecule has 1 heterocycles. The molecule has 0 aliphatic carbocycles. The molecule has 4 nitrogen and oxygen atoms in total. The van der Waals surface area contributed by atoms with Gasteiger partial charge in [-0.3, -0.25) is 4.79 Å². The van der Waals surface area contributed by atoms with E-state index in [1.54, 1.807) is 18.2 Å². The van der Waals surface area contributed by atoms with Crippen LogP contribution in [0, 0.1) is 5.82 Å². The molecule has 3 aromatic rings. The summed E-state index contributed by atoms with van der Waals surface area (Å²) >= 11 is 6.15. The summed E-state index contributed by atoms with van der Waals surface area (Å²) in [5.41, 5.74) is 0.828. The van der Waals surface area contributed by atoms with E-state index in [1.165, 1.54) is 24.3 Å². The fourth-order valence-corrected chi connectivity index (χ4v) is 2.73. The molecule has 1 N–H and O–H groups in total. The van der Waals surface area contributed by atoms with Gasteiger partial charge in [-0.05, 0) is 55.0 Å². The van der Waals surface area contributed by atoms with Crippen molar-refractivity contribution in [2.75, 3.05) is 0 Å².